The fourth-order valence-electron chi connectivity index (χ4n) is 3.35. The maximum absolute atomic E-state index is 9.13. The van der Waals surface area contributed by atoms with Gasteiger partial charge >= 0.3 is 0 Å². The SMILES string of the molecule is Cc1c(C)c(C)c(CSc2nnc(CC#N)n2-c2ccccc2)c(C)c1C. The van der Waals surface area contributed by atoms with Crippen LogP contribution >= 0.6 is 11.8 Å². The van der Waals surface area contributed by atoms with Crippen LogP contribution in [0.4, 0.5) is 0 Å². The highest BCUT2D eigenvalue weighted by atomic mass is 32.2. The van der Waals surface area contributed by atoms with Crippen LogP contribution in [0, 0.1) is 45.9 Å². The van der Waals surface area contributed by atoms with Gasteiger partial charge in [-0.3, -0.25) is 4.57 Å². The lowest BCUT2D eigenvalue weighted by molar-refractivity contribution is 0.855. The average Bonchev–Trinajstić information content (AvgIpc) is 3.08. The summed E-state index contributed by atoms with van der Waals surface area (Å²) in [4.78, 5) is 0. The van der Waals surface area contributed by atoms with E-state index in [-0.39, 0.29) is 6.42 Å². The van der Waals surface area contributed by atoms with Gasteiger partial charge in [0.2, 0.25) is 0 Å². The smallest absolute Gasteiger partial charge is 0.196 e. The molecule has 0 spiro atoms. The van der Waals surface area contributed by atoms with Crippen LogP contribution in [0.2, 0.25) is 0 Å². The molecule has 5 heteroatoms. The molecule has 0 atom stereocenters. The molecule has 0 bridgehead atoms. The molecule has 138 valence electrons. The second kappa shape index (κ2) is 7.98. The van der Waals surface area contributed by atoms with E-state index in [9.17, 15) is 0 Å². The van der Waals surface area contributed by atoms with Crippen molar-refractivity contribution in [2.24, 2.45) is 0 Å². The number of rotatable bonds is 5. The van der Waals surface area contributed by atoms with Crippen molar-refractivity contribution in [2.75, 3.05) is 0 Å². The minimum atomic E-state index is 0.239. The number of hydrogen-bond acceptors (Lipinski definition) is 4. The molecule has 1 aromatic heterocycles. The Morgan fingerprint density at radius 1 is 0.889 bits per heavy atom. The van der Waals surface area contributed by atoms with Gasteiger partial charge in [0.25, 0.3) is 0 Å². The van der Waals surface area contributed by atoms with Gasteiger partial charge in [0.1, 0.15) is 0 Å². The topological polar surface area (TPSA) is 54.5 Å². The summed E-state index contributed by atoms with van der Waals surface area (Å²) >= 11 is 1.67. The molecule has 0 radical (unpaired) electrons. The molecular weight excluding hydrogens is 352 g/mol. The van der Waals surface area contributed by atoms with Crippen molar-refractivity contribution in [1.82, 2.24) is 14.8 Å². The Morgan fingerprint density at radius 3 is 2.07 bits per heavy atom. The summed E-state index contributed by atoms with van der Waals surface area (Å²) in [6.07, 6.45) is 0.239. The van der Waals surface area contributed by atoms with E-state index in [0.29, 0.717) is 5.82 Å². The third kappa shape index (κ3) is 3.63. The molecule has 0 aliphatic heterocycles. The third-order valence-corrected chi connectivity index (χ3v) is 6.41. The first kappa shape index (κ1) is 19.2. The minimum Gasteiger partial charge on any atom is -0.273 e. The third-order valence-electron chi connectivity index (χ3n) is 5.45. The lowest BCUT2D eigenvalue weighted by atomic mass is 9.90. The van der Waals surface area contributed by atoms with Crippen molar-refractivity contribution in [3.63, 3.8) is 0 Å². The summed E-state index contributed by atoms with van der Waals surface area (Å²) in [5, 5.41) is 18.6. The zero-order valence-electron chi connectivity index (χ0n) is 16.5. The molecule has 0 saturated carbocycles. The highest BCUT2D eigenvalue weighted by molar-refractivity contribution is 7.98. The van der Waals surface area contributed by atoms with Crippen LogP contribution in [-0.2, 0) is 12.2 Å². The van der Waals surface area contributed by atoms with Gasteiger partial charge in [-0.25, -0.2) is 0 Å². The molecule has 0 aliphatic carbocycles. The van der Waals surface area contributed by atoms with Gasteiger partial charge in [-0.05, 0) is 80.1 Å². The quantitative estimate of drug-likeness (QED) is 0.577. The van der Waals surface area contributed by atoms with Crippen LogP contribution in [0.3, 0.4) is 0 Å². The lowest BCUT2D eigenvalue weighted by Gasteiger charge is -2.18. The molecule has 3 rings (SSSR count). The Bertz CT molecular complexity index is 984. The van der Waals surface area contributed by atoms with E-state index in [1.807, 2.05) is 34.9 Å². The van der Waals surface area contributed by atoms with E-state index in [0.717, 1.165) is 16.6 Å². The molecular formula is C22H24N4S. The first-order valence-corrected chi connectivity index (χ1v) is 9.99. The van der Waals surface area contributed by atoms with Gasteiger partial charge in [0.05, 0.1) is 12.5 Å². The Hall–Kier alpha value is -2.58. The molecule has 2 aromatic carbocycles. The van der Waals surface area contributed by atoms with E-state index in [1.165, 1.54) is 33.4 Å². The zero-order chi connectivity index (χ0) is 19.6. The number of hydrogen-bond donors (Lipinski definition) is 0. The van der Waals surface area contributed by atoms with E-state index in [1.54, 1.807) is 11.8 Å². The number of aromatic nitrogens is 3. The zero-order valence-corrected chi connectivity index (χ0v) is 17.3. The summed E-state index contributed by atoms with van der Waals surface area (Å²) in [5.41, 5.74) is 9.16. The van der Waals surface area contributed by atoms with Crippen molar-refractivity contribution >= 4 is 11.8 Å². The van der Waals surface area contributed by atoms with Crippen molar-refractivity contribution in [3.8, 4) is 11.8 Å². The standard InChI is InChI=1S/C22H24N4S/c1-14-15(2)17(4)20(18(5)16(14)3)13-27-22-25-24-21(11-12-23)26(22)19-9-7-6-8-10-19/h6-10H,11,13H2,1-5H3. The van der Waals surface area contributed by atoms with Crippen molar-refractivity contribution in [3.05, 3.63) is 69.5 Å². The molecule has 0 fully saturated rings. The fraction of sp³-hybridized carbons (Fsp3) is 0.318. The largest absolute Gasteiger partial charge is 0.273 e. The van der Waals surface area contributed by atoms with Gasteiger partial charge in [0.15, 0.2) is 11.0 Å². The summed E-state index contributed by atoms with van der Waals surface area (Å²) in [7, 11) is 0. The Balaban J connectivity index is 1.98. The van der Waals surface area contributed by atoms with E-state index < -0.39 is 0 Å². The highest BCUT2D eigenvalue weighted by Crippen LogP contribution is 2.32. The summed E-state index contributed by atoms with van der Waals surface area (Å²) in [6.45, 7) is 11.0. The number of nitrogens with zero attached hydrogens (tertiary/aromatic N) is 4. The van der Waals surface area contributed by atoms with Crippen LogP contribution in [0.1, 0.15) is 39.2 Å². The molecule has 0 N–H and O–H groups in total. The number of thioether (sulfide) groups is 1. The second-order valence-corrected chi connectivity index (χ2v) is 7.74. The molecule has 0 aliphatic rings. The van der Waals surface area contributed by atoms with E-state index in [2.05, 4.69) is 50.9 Å². The maximum Gasteiger partial charge on any atom is 0.196 e. The van der Waals surface area contributed by atoms with E-state index >= 15 is 0 Å². The summed E-state index contributed by atoms with van der Waals surface area (Å²) in [6, 6.07) is 12.2. The van der Waals surface area contributed by atoms with Gasteiger partial charge < -0.3 is 0 Å². The summed E-state index contributed by atoms with van der Waals surface area (Å²) < 4.78 is 1.99. The first-order chi connectivity index (χ1) is 13.0. The van der Waals surface area contributed by atoms with Gasteiger partial charge in [0, 0.05) is 11.4 Å². The molecule has 0 unspecified atom stereocenters. The van der Waals surface area contributed by atoms with Crippen LogP contribution in [0.5, 0.6) is 0 Å². The first-order valence-electron chi connectivity index (χ1n) is 9.01. The monoisotopic (exact) mass is 376 g/mol. The van der Waals surface area contributed by atoms with Crippen LogP contribution in [0.15, 0.2) is 35.5 Å². The Labute approximate surface area is 165 Å². The summed E-state index contributed by atoms with van der Waals surface area (Å²) in [5.74, 6) is 1.51. The highest BCUT2D eigenvalue weighted by Gasteiger charge is 2.17. The van der Waals surface area contributed by atoms with Crippen LogP contribution < -0.4 is 0 Å². The van der Waals surface area contributed by atoms with Gasteiger partial charge in [-0.1, -0.05) is 30.0 Å². The molecule has 4 nitrogen and oxygen atoms in total. The molecule has 1 heterocycles. The molecule has 0 amide bonds. The van der Waals surface area contributed by atoms with Crippen molar-refractivity contribution in [2.45, 2.75) is 51.9 Å². The second-order valence-electron chi connectivity index (χ2n) is 6.80. The van der Waals surface area contributed by atoms with Crippen LogP contribution in [0.25, 0.3) is 5.69 Å². The predicted octanol–water partition coefficient (Wildman–Crippen LogP) is 5.17. The molecule has 3 aromatic rings. The minimum absolute atomic E-state index is 0.239. The van der Waals surface area contributed by atoms with Crippen molar-refractivity contribution in [1.29, 1.82) is 5.26 Å². The molecule has 27 heavy (non-hydrogen) atoms. The fourth-order valence-corrected chi connectivity index (χ4v) is 4.49. The van der Waals surface area contributed by atoms with Gasteiger partial charge in [-0.15, -0.1) is 10.2 Å². The Morgan fingerprint density at radius 2 is 1.48 bits per heavy atom. The van der Waals surface area contributed by atoms with Crippen molar-refractivity contribution < 1.29 is 0 Å². The maximum atomic E-state index is 9.13. The normalized spacial score (nSPS) is 10.8. The van der Waals surface area contributed by atoms with Crippen LogP contribution in [-0.4, -0.2) is 14.8 Å². The van der Waals surface area contributed by atoms with Gasteiger partial charge in [-0.2, -0.15) is 5.26 Å². The molecule has 0 saturated heterocycles. The number of para-hydroxylation sites is 1. The van der Waals surface area contributed by atoms with E-state index in [4.69, 9.17) is 5.26 Å². The number of nitriles is 1. The number of benzene rings is 2. The Kier molecular flexibility index (Phi) is 5.67. The average molecular weight is 377 g/mol. The predicted molar refractivity (Wildman–Crippen MR) is 110 cm³/mol. The lowest BCUT2D eigenvalue weighted by Crippen LogP contribution is -2.04.